The van der Waals surface area contributed by atoms with Gasteiger partial charge < -0.3 is 0 Å². The van der Waals surface area contributed by atoms with Crippen molar-refractivity contribution in [2.45, 2.75) is 16.7 Å². The highest BCUT2D eigenvalue weighted by molar-refractivity contribution is 7.78. The van der Waals surface area contributed by atoms with Crippen molar-refractivity contribution in [2.75, 3.05) is 0 Å². The Balaban J connectivity index is 2.03. The van der Waals surface area contributed by atoms with E-state index in [9.17, 15) is 0 Å². The Kier molecular flexibility index (Phi) is 3.89. The van der Waals surface area contributed by atoms with Crippen LogP contribution in [-0.2, 0) is 11.8 Å². The van der Waals surface area contributed by atoms with Crippen LogP contribution < -0.4 is 0 Å². The van der Waals surface area contributed by atoms with Crippen LogP contribution in [-0.4, -0.2) is 0 Å². The van der Waals surface area contributed by atoms with Crippen LogP contribution in [0.2, 0.25) is 0 Å². The van der Waals surface area contributed by atoms with E-state index in [0.29, 0.717) is 0 Å². The second kappa shape index (κ2) is 5.98. The zero-order chi connectivity index (χ0) is 13.8. The summed E-state index contributed by atoms with van der Waals surface area (Å²) in [6.45, 7) is 2.15. The number of hydrogen-bond donors (Lipinski definition) is 0. The third-order valence-corrected chi connectivity index (χ3v) is 4.43. The number of aryl methyl sites for hydroxylation is 1. The molecule has 0 heterocycles. The van der Waals surface area contributed by atoms with Gasteiger partial charge in [0, 0.05) is 17.3 Å². The Morgan fingerprint density at radius 1 is 0.700 bits per heavy atom. The fraction of sp³-hybridized carbons (Fsp3) is 0.0526. The molecular formula is C19H17S+. The van der Waals surface area contributed by atoms with Gasteiger partial charge in [-0.25, -0.2) is 0 Å². The zero-order valence-corrected chi connectivity index (χ0v) is 12.3. The first-order chi connectivity index (χ1) is 9.83. The molecule has 0 saturated heterocycles. The van der Waals surface area contributed by atoms with Crippen molar-refractivity contribution in [2.24, 2.45) is 0 Å². The highest BCUT2D eigenvalue weighted by Crippen LogP contribution is 2.28. The Labute approximate surface area is 124 Å². The summed E-state index contributed by atoms with van der Waals surface area (Å²) in [5.41, 5.74) is 3.92. The fourth-order valence-electron chi connectivity index (χ4n) is 2.24. The smallest absolute Gasteiger partial charge is 0.0622 e. The fourth-order valence-corrected chi connectivity index (χ4v) is 3.30. The summed E-state index contributed by atoms with van der Waals surface area (Å²) in [7, 11) is 0. The van der Waals surface area contributed by atoms with Gasteiger partial charge in [-0.2, -0.15) is 0 Å². The standard InChI is InChI=1S/C19H16S/c1-15-12-13-19(20-17-10-6-3-7-11-17)18(14-15)16-8-4-2-5-9-16/h2-14H,1H3/p+1. The van der Waals surface area contributed by atoms with E-state index in [4.69, 9.17) is 0 Å². The van der Waals surface area contributed by atoms with Gasteiger partial charge in [-0.05, 0) is 36.8 Å². The first-order valence-corrected chi connectivity index (χ1v) is 7.65. The summed E-state index contributed by atoms with van der Waals surface area (Å²) in [5.74, 6) is 0. The minimum Gasteiger partial charge on any atom is -0.0622 e. The van der Waals surface area contributed by atoms with Crippen molar-refractivity contribution in [3.8, 4) is 11.1 Å². The molecule has 0 spiro atoms. The molecule has 0 bridgehead atoms. The molecule has 0 atom stereocenters. The molecule has 3 aromatic rings. The van der Waals surface area contributed by atoms with E-state index in [0.717, 1.165) is 0 Å². The average Bonchev–Trinajstić information content (AvgIpc) is 2.51. The van der Waals surface area contributed by atoms with E-state index in [2.05, 4.69) is 85.8 Å². The second-order valence-corrected chi connectivity index (χ2v) is 6.06. The number of hydrogen-bond acceptors (Lipinski definition) is 0. The minimum absolute atomic E-state index is 1.26. The first kappa shape index (κ1) is 13.0. The quantitative estimate of drug-likeness (QED) is 0.472. The van der Waals surface area contributed by atoms with Crippen LogP contribution in [0.5, 0.6) is 0 Å². The molecule has 0 aliphatic heterocycles. The third kappa shape index (κ3) is 2.94. The molecular weight excluding hydrogens is 260 g/mol. The van der Waals surface area contributed by atoms with E-state index in [1.54, 1.807) is 0 Å². The van der Waals surface area contributed by atoms with Gasteiger partial charge in [0.2, 0.25) is 0 Å². The van der Waals surface area contributed by atoms with Gasteiger partial charge in [0.15, 0.2) is 9.79 Å². The highest BCUT2D eigenvalue weighted by atomic mass is 32.2. The minimum atomic E-state index is 1.26. The van der Waals surface area contributed by atoms with E-state index in [1.165, 1.54) is 38.2 Å². The molecule has 20 heavy (non-hydrogen) atoms. The first-order valence-electron chi connectivity index (χ1n) is 6.76. The molecule has 0 aliphatic rings. The van der Waals surface area contributed by atoms with Crippen LogP contribution in [0.3, 0.4) is 0 Å². The molecule has 3 rings (SSSR count). The Bertz CT molecular complexity index is 687. The Hall–Kier alpha value is -1.99. The molecule has 0 amide bonds. The predicted molar refractivity (Wildman–Crippen MR) is 88.3 cm³/mol. The Morgan fingerprint density at radius 2 is 1.35 bits per heavy atom. The maximum absolute atomic E-state index is 2.28. The van der Waals surface area contributed by atoms with Crippen LogP contribution in [0.25, 0.3) is 11.1 Å². The summed E-state index contributed by atoms with van der Waals surface area (Å²) in [5, 5.41) is 0. The lowest BCUT2D eigenvalue weighted by Gasteiger charge is -2.05. The van der Waals surface area contributed by atoms with Crippen LogP contribution in [0.4, 0.5) is 0 Å². The molecule has 0 N–H and O–H groups in total. The molecule has 0 aromatic heterocycles. The molecule has 0 unspecified atom stereocenters. The normalized spacial score (nSPS) is 10.4. The Morgan fingerprint density at radius 3 is 2.05 bits per heavy atom. The summed E-state index contributed by atoms with van der Waals surface area (Å²) in [6, 6.07) is 27.9. The van der Waals surface area contributed by atoms with Crippen LogP contribution in [0.15, 0.2) is 88.7 Å². The largest absolute Gasteiger partial charge is 0.166 e. The van der Waals surface area contributed by atoms with Gasteiger partial charge in [0.25, 0.3) is 0 Å². The van der Waals surface area contributed by atoms with Crippen molar-refractivity contribution in [1.82, 2.24) is 0 Å². The van der Waals surface area contributed by atoms with Crippen molar-refractivity contribution in [3.63, 3.8) is 0 Å². The number of thiol groups is 1. The van der Waals surface area contributed by atoms with Crippen molar-refractivity contribution in [3.05, 3.63) is 84.4 Å². The lowest BCUT2D eigenvalue weighted by atomic mass is 10.0. The van der Waals surface area contributed by atoms with E-state index in [1.807, 2.05) is 0 Å². The van der Waals surface area contributed by atoms with Crippen molar-refractivity contribution >= 4 is 11.8 Å². The molecule has 0 radical (unpaired) electrons. The van der Waals surface area contributed by atoms with E-state index < -0.39 is 0 Å². The molecule has 0 aliphatic carbocycles. The predicted octanol–water partition coefficient (Wildman–Crippen LogP) is 4.89. The van der Waals surface area contributed by atoms with Crippen LogP contribution >= 0.6 is 0 Å². The van der Waals surface area contributed by atoms with Gasteiger partial charge in [0.1, 0.15) is 0 Å². The number of rotatable bonds is 3. The molecule has 0 nitrogen and oxygen atoms in total. The van der Waals surface area contributed by atoms with Gasteiger partial charge in [0.05, 0.1) is 0 Å². The van der Waals surface area contributed by atoms with Crippen LogP contribution in [0.1, 0.15) is 5.56 Å². The zero-order valence-electron chi connectivity index (χ0n) is 11.5. The van der Waals surface area contributed by atoms with E-state index >= 15 is 0 Å². The maximum atomic E-state index is 2.28. The van der Waals surface area contributed by atoms with Crippen molar-refractivity contribution < 1.29 is 0 Å². The topological polar surface area (TPSA) is 0 Å². The van der Waals surface area contributed by atoms with Crippen LogP contribution in [0, 0.1) is 6.92 Å². The monoisotopic (exact) mass is 277 g/mol. The molecule has 98 valence electrons. The second-order valence-electron chi connectivity index (χ2n) is 4.83. The summed E-state index contributed by atoms with van der Waals surface area (Å²) in [6.07, 6.45) is 0. The molecule has 3 aromatic carbocycles. The van der Waals surface area contributed by atoms with Gasteiger partial charge >= 0.3 is 0 Å². The summed E-state index contributed by atoms with van der Waals surface area (Å²) < 4.78 is 0. The van der Waals surface area contributed by atoms with Gasteiger partial charge in [-0.3, -0.25) is 0 Å². The summed E-state index contributed by atoms with van der Waals surface area (Å²) in [4.78, 5) is 2.68. The maximum Gasteiger partial charge on any atom is 0.166 e. The highest BCUT2D eigenvalue weighted by Gasteiger charge is 2.13. The molecule has 0 fully saturated rings. The lowest BCUT2D eigenvalue weighted by Crippen LogP contribution is -1.90. The molecule has 1 heteroatoms. The van der Waals surface area contributed by atoms with Gasteiger partial charge in [-0.15, -0.1) is 0 Å². The van der Waals surface area contributed by atoms with E-state index in [-0.39, 0.29) is 0 Å². The third-order valence-electron chi connectivity index (χ3n) is 3.24. The SMILES string of the molecule is Cc1ccc([SH+]c2ccccc2)c(-c2ccccc2)c1. The van der Waals surface area contributed by atoms with Gasteiger partial charge in [-0.1, -0.05) is 60.2 Å². The summed E-state index contributed by atoms with van der Waals surface area (Å²) >= 11 is 1.26. The molecule has 0 saturated carbocycles. The average molecular weight is 277 g/mol. The van der Waals surface area contributed by atoms with Crippen molar-refractivity contribution in [1.29, 1.82) is 0 Å². The number of benzene rings is 3. The lowest BCUT2D eigenvalue weighted by molar-refractivity contribution is 1.35.